The highest BCUT2D eigenvalue weighted by atomic mass is 16.5. The van der Waals surface area contributed by atoms with Crippen LogP contribution < -0.4 is 5.73 Å². The summed E-state index contributed by atoms with van der Waals surface area (Å²) in [5.41, 5.74) is 6.99. The van der Waals surface area contributed by atoms with E-state index in [-0.39, 0.29) is 17.7 Å². The molecule has 0 radical (unpaired) electrons. The Balaban J connectivity index is 1.44. The van der Waals surface area contributed by atoms with E-state index < -0.39 is 5.41 Å². The Morgan fingerprint density at radius 2 is 2.12 bits per heavy atom. The predicted molar refractivity (Wildman–Crippen MR) is 94.4 cm³/mol. The summed E-state index contributed by atoms with van der Waals surface area (Å²) in [6, 6.07) is 7.83. The number of primary amides is 1. The molecule has 2 aromatic rings. The molecule has 0 bridgehead atoms. The Bertz CT molecular complexity index is 803. The molecule has 2 aliphatic heterocycles. The molecule has 0 spiro atoms. The largest absolute Gasteiger partial charge is 0.381 e. The lowest BCUT2D eigenvalue weighted by Crippen LogP contribution is -2.48. The monoisotopic (exact) mass is 354 g/mol. The van der Waals surface area contributed by atoms with Crippen LogP contribution in [0.4, 0.5) is 0 Å². The second kappa shape index (κ2) is 6.57. The second-order valence-corrected chi connectivity index (χ2v) is 7.13. The number of benzene rings is 1. The van der Waals surface area contributed by atoms with Gasteiger partial charge >= 0.3 is 0 Å². The van der Waals surface area contributed by atoms with Crippen molar-refractivity contribution in [3.63, 3.8) is 0 Å². The van der Waals surface area contributed by atoms with E-state index in [1.54, 1.807) is 17.4 Å². The van der Waals surface area contributed by atoms with Crippen molar-refractivity contribution in [2.24, 2.45) is 17.1 Å². The first kappa shape index (κ1) is 16.8. The van der Waals surface area contributed by atoms with Gasteiger partial charge in [-0.2, -0.15) is 0 Å². The summed E-state index contributed by atoms with van der Waals surface area (Å²) in [6.07, 6.45) is 6.24. The van der Waals surface area contributed by atoms with Crippen LogP contribution in [0.15, 0.2) is 43.0 Å². The third-order valence-electron chi connectivity index (χ3n) is 5.64. The molecule has 2 saturated heterocycles. The molecule has 136 valence electrons. The zero-order valence-electron chi connectivity index (χ0n) is 14.5. The van der Waals surface area contributed by atoms with Gasteiger partial charge in [0.05, 0.1) is 24.8 Å². The maximum atomic E-state index is 12.8. The Morgan fingerprint density at radius 1 is 1.31 bits per heavy atom. The second-order valence-electron chi connectivity index (χ2n) is 7.13. The summed E-state index contributed by atoms with van der Waals surface area (Å²) < 4.78 is 7.41. The highest BCUT2D eigenvalue weighted by Gasteiger charge is 2.53. The van der Waals surface area contributed by atoms with Gasteiger partial charge in [-0.3, -0.25) is 9.59 Å². The summed E-state index contributed by atoms with van der Waals surface area (Å²) in [5.74, 6) is -0.289. The molecule has 1 aromatic carbocycles. The van der Waals surface area contributed by atoms with E-state index in [0.29, 0.717) is 39.1 Å². The fourth-order valence-electron chi connectivity index (χ4n) is 4.03. The first-order valence-corrected chi connectivity index (χ1v) is 8.81. The Labute approximate surface area is 151 Å². The van der Waals surface area contributed by atoms with Crippen molar-refractivity contribution in [1.82, 2.24) is 14.5 Å². The number of ether oxygens (including phenoxy) is 1. The maximum Gasteiger partial charge on any atom is 0.227 e. The van der Waals surface area contributed by atoms with E-state index in [2.05, 4.69) is 4.98 Å². The molecule has 0 saturated carbocycles. The molecule has 1 aromatic heterocycles. The minimum atomic E-state index is -0.626. The van der Waals surface area contributed by atoms with Gasteiger partial charge in [0.15, 0.2) is 0 Å². The van der Waals surface area contributed by atoms with E-state index in [9.17, 15) is 9.59 Å². The molecule has 2 amide bonds. The zero-order chi connectivity index (χ0) is 18.1. The van der Waals surface area contributed by atoms with Gasteiger partial charge < -0.3 is 19.9 Å². The number of hydrogen-bond acceptors (Lipinski definition) is 4. The molecule has 2 aliphatic rings. The van der Waals surface area contributed by atoms with Gasteiger partial charge in [-0.1, -0.05) is 12.1 Å². The molecule has 0 unspecified atom stereocenters. The molecule has 7 heteroatoms. The minimum absolute atomic E-state index is 0.00122. The topological polar surface area (TPSA) is 90.5 Å². The normalized spacial score (nSPS) is 25.1. The number of imidazole rings is 1. The molecule has 26 heavy (non-hydrogen) atoms. The number of carbonyl (C=O) groups is 2. The standard InChI is InChI=1S/C19H22N4O3/c20-18(25)19-5-8-26-11-15(19)10-23(12-19)17(24)9-14-1-3-16(4-2-14)22-7-6-21-13-22/h1-4,6-7,13,15H,5,8-12H2,(H2,20,25)/t15-,19+/m1/s1. The van der Waals surface area contributed by atoms with Crippen LogP contribution >= 0.6 is 0 Å². The van der Waals surface area contributed by atoms with Crippen LogP contribution in [0.2, 0.25) is 0 Å². The molecule has 3 heterocycles. The smallest absolute Gasteiger partial charge is 0.227 e. The fourth-order valence-corrected chi connectivity index (χ4v) is 4.03. The highest BCUT2D eigenvalue weighted by molar-refractivity contribution is 5.85. The van der Waals surface area contributed by atoms with Gasteiger partial charge in [0, 0.05) is 43.7 Å². The first-order valence-electron chi connectivity index (χ1n) is 8.81. The minimum Gasteiger partial charge on any atom is -0.381 e. The van der Waals surface area contributed by atoms with Crippen LogP contribution in [-0.2, 0) is 20.7 Å². The van der Waals surface area contributed by atoms with Crippen LogP contribution in [-0.4, -0.2) is 52.6 Å². The average molecular weight is 354 g/mol. The van der Waals surface area contributed by atoms with Gasteiger partial charge in [0.1, 0.15) is 0 Å². The Hall–Kier alpha value is -2.67. The third kappa shape index (κ3) is 2.88. The summed E-state index contributed by atoms with van der Waals surface area (Å²) in [5, 5.41) is 0. The average Bonchev–Trinajstić information content (AvgIpc) is 3.30. The quantitative estimate of drug-likeness (QED) is 0.878. The number of amides is 2. The van der Waals surface area contributed by atoms with E-state index >= 15 is 0 Å². The number of nitrogens with zero attached hydrogens (tertiary/aromatic N) is 3. The molecular weight excluding hydrogens is 332 g/mol. The third-order valence-corrected chi connectivity index (χ3v) is 5.64. The van der Waals surface area contributed by atoms with Gasteiger partial charge in [-0.05, 0) is 24.1 Å². The van der Waals surface area contributed by atoms with Crippen molar-refractivity contribution >= 4 is 11.8 Å². The van der Waals surface area contributed by atoms with Crippen LogP contribution in [0, 0.1) is 11.3 Å². The van der Waals surface area contributed by atoms with E-state index in [0.717, 1.165) is 11.3 Å². The number of fused-ring (bicyclic) bond motifs is 1. The van der Waals surface area contributed by atoms with Crippen molar-refractivity contribution < 1.29 is 14.3 Å². The van der Waals surface area contributed by atoms with Crippen LogP contribution in [0.1, 0.15) is 12.0 Å². The van der Waals surface area contributed by atoms with Crippen LogP contribution in [0.5, 0.6) is 0 Å². The summed E-state index contributed by atoms with van der Waals surface area (Å²) in [4.78, 5) is 30.6. The van der Waals surface area contributed by atoms with Gasteiger partial charge in [-0.15, -0.1) is 0 Å². The number of carbonyl (C=O) groups excluding carboxylic acids is 2. The molecule has 0 aliphatic carbocycles. The van der Waals surface area contributed by atoms with Gasteiger partial charge in [0.2, 0.25) is 11.8 Å². The van der Waals surface area contributed by atoms with Crippen LogP contribution in [0.25, 0.3) is 5.69 Å². The lowest BCUT2D eigenvalue weighted by atomic mass is 9.74. The Morgan fingerprint density at radius 3 is 2.77 bits per heavy atom. The van der Waals surface area contributed by atoms with E-state index in [1.807, 2.05) is 35.0 Å². The van der Waals surface area contributed by atoms with E-state index in [4.69, 9.17) is 10.5 Å². The molecule has 2 fully saturated rings. The molecule has 4 rings (SSSR count). The van der Waals surface area contributed by atoms with Crippen molar-refractivity contribution in [2.45, 2.75) is 12.8 Å². The van der Waals surface area contributed by atoms with Crippen molar-refractivity contribution in [3.8, 4) is 5.69 Å². The lowest BCUT2D eigenvalue weighted by Gasteiger charge is -2.34. The molecular formula is C19H22N4O3. The fraction of sp³-hybridized carbons (Fsp3) is 0.421. The molecule has 7 nitrogen and oxygen atoms in total. The SMILES string of the molecule is NC(=O)[C@]12CCOC[C@H]1CN(C(=O)Cc1ccc(-n3ccnc3)cc1)C2. The van der Waals surface area contributed by atoms with Gasteiger partial charge in [0.25, 0.3) is 0 Å². The number of likely N-dealkylation sites (tertiary alicyclic amines) is 1. The van der Waals surface area contributed by atoms with Crippen molar-refractivity contribution in [3.05, 3.63) is 48.5 Å². The lowest BCUT2D eigenvalue weighted by molar-refractivity contribution is -0.136. The molecule has 2 N–H and O–H groups in total. The summed E-state index contributed by atoms with van der Waals surface area (Å²) >= 11 is 0. The number of rotatable bonds is 4. The first-order chi connectivity index (χ1) is 12.6. The Kier molecular flexibility index (Phi) is 4.24. The molecule has 2 atom stereocenters. The number of nitrogens with two attached hydrogens (primary N) is 1. The summed E-state index contributed by atoms with van der Waals surface area (Å²) in [7, 11) is 0. The number of aromatic nitrogens is 2. The van der Waals surface area contributed by atoms with Crippen molar-refractivity contribution in [2.75, 3.05) is 26.3 Å². The highest BCUT2D eigenvalue weighted by Crippen LogP contribution is 2.42. The number of hydrogen-bond donors (Lipinski definition) is 1. The van der Waals surface area contributed by atoms with Gasteiger partial charge in [-0.25, -0.2) is 4.98 Å². The maximum absolute atomic E-state index is 12.8. The zero-order valence-corrected chi connectivity index (χ0v) is 14.5. The van der Waals surface area contributed by atoms with E-state index in [1.165, 1.54) is 0 Å². The summed E-state index contributed by atoms with van der Waals surface area (Å²) in [6.45, 7) is 1.96. The van der Waals surface area contributed by atoms with Crippen LogP contribution in [0.3, 0.4) is 0 Å². The predicted octanol–water partition coefficient (Wildman–Crippen LogP) is 0.765. The van der Waals surface area contributed by atoms with Crippen molar-refractivity contribution in [1.29, 1.82) is 0 Å².